The molecule has 0 fully saturated rings. The highest BCUT2D eigenvalue weighted by Crippen LogP contribution is 2.17. The van der Waals surface area contributed by atoms with Gasteiger partial charge in [0.1, 0.15) is 5.82 Å². The summed E-state index contributed by atoms with van der Waals surface area (Å²) in [4.78, 5) is 12.1. The third-order valence-corrected chi connectivity index (χ3v) is 3.31. The molecule has 2 atom stereocenters. The van der Waals surface area contributed by atoms with E-state index in [1.54, 1.807) is 25.1 Å². The maximum atomic E-state index is 13.7. The summed E-state index contributed by atoms with van der Waals surface area (Å²) in [6.07, 6.45) is 0. The number of carbonyl (C=O) groups excluding carboxylic acids is 1. The van der Waals surface area contributed by atoms with Crippen molar-refractivity contribution in [1.82, 2.24) is 5.32 Å². The number of halogens is 1. The van der Waals surface area contributed by atoms with Crippen molar-refractivity contribution in [3.63, 3.8) is 0 Å². The maximum absolute atomic E-state index is 13.7. The quantitative estimate of drug-likeness (QED) is 0.883. The SMILES string of the molecule is CC(NC(C)c1ccccc1F)C(=O)Nc1ccccc1. The van der Waals surface area contributed by atoms with E-state index in [0.717, 1.165) is 5.69 Å². The lowest BCUT2D eigenvalue weighted by Crippen LogP contribution is -2.39. The first-order valence-electron chi connectivity index (χ1n) is 6.94. The summed E-state index contributed by atoms with van der Waals surface area (Å²) in [5.74, 6) is -0.419. The number of hydrogen-bond donors (Lipinski definition) is 2. The summed E-state index contributed by atoms with van der Waals surface area (Å²) >= 11 is 0. The normalized spacial score (nSPS) is 13.5. The molecule has 0 aliphatic carbocycles. The number of nitrogens with one attached hydrogen (secondary N) is 2. The molecule has 0 aliphatic heterocycles. The predicted molar refractivity (Wildman–Crippen MR) is 82.5 cm³/mol. The molecule has 0 saturated heterocycles. The van der Waals surface area contributed by atoms with Crippen LogP contribution in [-0.2, 0) is 4.79 Å². The molecular weight excluding hydrogens is 267 g/mol. The fraction of sp³-hybridized carbons (Fsp3) is 0.235. The average molecular weight is 286 g/mol. The molecule has 2 aromatic carbocycles. The average Bonchev–Trinajstić information content (AvgIpc) is 2.48. The van der Waals surface area contributed by atoms with E-state index in [-0.39, 0.29) is 17.8 Å². The van der Waals surface area contributed by atoms with E-state index in [4.69, 9.17) is 0 Å². The van der Waals surface area contributed by atoms with Crippen LogP contribution in [0.5, 0.6) is 0 Å². The predicted octanol–water partition coefficient (Wildman–Crippen LogP) is 3.50. The van der Waals surface area contributed by atoms with Gasteiger partial charge in [0.05, 0.1) is 6.04 Å². The van der Waals surface area contributed by atoms with Crippen molar-refractivity contribution in [3.8, 4) is 0 Å². The summed E-state index contributed by atoms with van der Waals surface area (Å²) in [5.41, 5.74) is 1.30. The number of amides is 1. The number of anilines is 1. The second-order valence-electron chi connectivity index (χ2n) is 4.99. The molecule has 0 radical (unpaired) electrons. The molecule has 0 bridgehead atoms. The number of para-hydroxylation sites is 1. The van der Waals surface area contributed by atoms with E-state index in [2.05, 4.69) is 10.6 Å². The lowest BCUT2D eigenvalue weighted by molar-refractivity contribution is -0.117. The first-order valence-corrected chi connectivity index (χ1v) is 6.94. The highest BCUT2D eigenvalue weighted by atomic mass is 19.1. The van der Waals surface area contributed by atoms with E-state index in [0.29, 0.717) is 5.56 Å². The molecule has 1 amide bonds. The summed E-state index contributed by atoms with van der Waals surface area (Å²) in [7, 11) is 0. The first-order chi connectivity index (χ1) is 10.1. The summed E-state index contributed by atoms with van der Waals surface area (Å²) in [5, 5.41) is 5.92. The molecule has 4 heteroatoms. The van der Waals surface area contributed by atoms with Crippen LogP contribution >= 0.6 is 0 Å². The van der Waals surface area contributed by atoms with Crippen molar-refractivity contribution in [1.29, 1.82) is 0 Å². The van der Waals surface area contributed by atoms with Gasteiger partial charge < -0.3 is 5.32 Å². The van der Waals surface area contributed by atoms with Gasteiger partial charge in [0.2, 0.25) is 5.91 Å². The molecule has 0 aromatic heterocycles. The van der Waals surface area contributed by atoms with Gasteiger partial charge in [-0.1, -0.05) is 36.4 Å². The Labute approximate surface area is 124 Å². The second-order valence-corrected chi connectivity index (χ2v) is 4.99. The summed E-state index contributed by atoms with van der Waals surface area (Å²) in [6, 6.07) is 15.1. The minimum Gasteiger partial charge on any atom is -0.325 e. The van der Waals surface area contributed by atoms with Gasteiger partial charge in [0, 0.05) is 17.3 Å². The Morgan fingerprint density at radius 2 is 1.62 bits per heavy atom. The van der Waals surface area contributed by atoms with Crippen LogP contribution in [0.3, 0.4) is 0 Å². The molecule has 0 spiro atoms. The highest BCUT2D eigenvalue weighted by Gasteiger charge is 2.18. The van der Waals surface area contributed by atoms with Crippen LogP contribution in [0.25, 0.3) is 0 Å². The van der Waals surface area contributed by atoms with E-state index >= 15 is 0 Å². The molecule has 110 valence electrons. The maximum Gasteiger partial charge on any atom is 0.241 e. The molecule has 21 heavy (non-hydrogen) atoms. The van der Waals surface area contributed by atoms with Crippen LogP contribution in [0.4, 0.5) is 10.1 Å². The zero-order chi connectivity index (χ0) is 15.2. The third kappa shape index (κ3) is 4.13. The van der Waals surface area contributed by atoms with Gasteiger partial charge >= 0.3 is 0 Å². The van der Waals surface area contributed by atoms with E-state index in [1.165, 1.54) is 6.07 Å². The minimum atomic E-state index is -0.431. The molecule has 0 saturated carbocycles. The number of carbonyl (C=O) groups is 1. The van der Waals surface area contributed by atoms with Gasteiger partial charge in [-0.3, -0.25) is 10.1 Å². The Balaban J connectivity index is 1.96. The Bertz CT molecular complexity index is 601. The molecule has 2 rings (SSSR count). The molecule has 2 N–H and O–H groups in total. The number of rotatable bonds is 5. The van der Waals surface area contributed by atoms with Gasteiger partial charge in [-0.15, -0.1) is 0 Å². The van der Waals surface area contributed by atoms with Gasteiger partial charge in [0.15, 0.2) is 0 Å². The Morgan fingerprint density at radius 3 is 2.29 bits per heavy atom. The van der Waals surface area contributed by atoms with Crippen molar-refractivity contribution in [2.75, 3.05) is 5.32 Å². The van der Waals surface area contributed by atoms with Gasteiger partial charge in [-0.2, -0.15) is 0 Å². The van der Waals surface area contributed by atoms with Crippen molar-refractivity contribution >= 4 is 11.6 Å². The highest BCUT2D eigenvalue weighted by molar-refractivity contribution is 5.94. The standard InChI is InChI=1S/C17H19FN2O/c1-12(15-10-6-7-11-16(15)18)19-13(2)17(21)20-14-8-4-3-5-9-14/h3-13,19H,1-2H3,(H,20,21). The summed E-state index contributed by atoms with van der Waals surface area (Å²) < 4.78 is 13.7. The van der Waals surface area contributed by atoms with Crippen LogP contribution in [0.1, 0.15) is 25.5 Å². The third-order valence-electron chi connectivity index (χ3n) is 3.31. The zero-order valence-corrected chi connectivity index (χ0v) is 12.1. The monoisotopic (exact) mass is 286 g/mol. The lowest BCUT2D eigenvalue weighted by atomic mass is 10.1. The first kappa shape index (κ1) is 15.2. The summed E-state index contributed by atoms with van der Waals surface area (Å²) in [6.45, 7) is 3.60. The second kappa shape index (κ2) is 6.99. The number of benzene rings is 2. The van der Waals surface area contributed by atoms with Crippen molar-refractivity contribution < 1.29 is 9.18 Å². The zero-order valence-electron chi connectivity index (χ0n) is 12.1. The topological polar surface area (TPSA) is 41.1 Å². The van der Waals surface area contributed by atoms with Crippen LogP contribution in [-0.4, -0.2) is 11.9 Å². The molecule has 3 nitrogen and oxygen atoms in total. The molecule has 0 heterocycles. The molecular formula is C17H19FN2O. The van der Waals surface area contributed by atoms with Crippen LogP contribution in [0.2, 0.25) is 0 Å². The fourth-order valence-corrected chi connectivity index (χ4v) is 2.14. The van der Waals surface area contributed by atoms with E-state index < -0.39 is 6.04 Å². The Kier molecular flexibility index (Phi) is 5.06. The van der Waals surface area contributed by atoms with E-state index in [1.807, 2.05) is 37.3 Å². The Morgan fingerprint density at radius 1 is 1.00 bits per heavy atom. The number of hydrogen-bond acceptors (Lipinski definition) is 2. The molecule has 2 unspecified atom stereocenters. The van der Waals surface area contributed by atoms with Crippen LogP contribution in [0.15, 0.2) is 54.6 Å². The van der Waals surface area contributed by atoms with Crippen molar-refractivity contribution in [2.45, 2.75) is 25.9 Å². The van der Waals surface area contributed by atoms with E-state index in [9.17, 15) is 9.18 Å². The lowest BCUT2D eigenvalue weighted by Gasteiger charge is -2.20. The van der Waals surface area contributed by atoms with Gasteiger partial charge in [-0.05, 0) is 32.0 Å². The van der Waals surface area contributed by atoms with Crippen molar-refractivity contribution in [3.05, 3.63) is 66.0 Å². The van der Waals surface area contributed by atoms with Gasteiger partial charge in [-0.25, -0.2) is 4.39 Å². The largest absolute Gasteiger partial charge is 0.325 e. The fourth-order valence-electron chi connectivity index (χ4n) is 2.14. The molecule has 0 aliphatic rings. The molecule has 2 aromatic rings. The smallest absolute Gasteiger partial charge is 0.241 e. The van der Waals surface area contributed by atoms with Crippen LogP contribution < -0.4 is 10.6 Å². The van der Waals surface area contributed by atoms with Crippen LogP contribution in [0, 0.1) is 5.82 Å². The van der Waals surface area contributed by atoms with Crippen molar-refractivity contribution in [2.24, 2.45) is 0 Å². The Hall–Kier alpha value is -2.20. The minimum absolute atomic E-state index is 0.149. The van der Waals surface area contributed by atoms with Gasteiger partial charge in [0.25, 0.3) is 0 Å².